The number of nitrogens with zero attached hydrogens (tertiary/aromatic N) is 1. The van der Waals surface area contributed by atoms with Crippen LogP contribution in [0, 0.1) is 0 Å². The summed E-state index contributed by atoms with van der Waals surface area (Å²) in [6.07, 6.45) is 3.08. The van der Waals surface area contributed by atoms with Gasteiger partial charge in [0.15, 0.2) is 5.69 Å². The van der Waals surface area contributed by atoms with Crippen LogP contribution in [0.5, 0.6) is 0 Å². The number of ether oxygens (including phenoxy) is 1. The largest absolute Gasteiger partial charge is 0.461 e. The number of esters is 1. The second-order valence-corrected chi connectivity index (χ2v) is 5.51. The SMILES string of the molecule is CCOC(=O)c1csc(CNC(=O)[C@H]2CCCCN2)n1. The van der Waals surface area contributed by atoms with E-state index < -0.39 is 5.97 Å². The van der Waals surface area contributed by atoms with E-state index >= 15 is 0 Å². The van der Waals surface area contributed by atoms with Crippen LogP contribution in [0.3, 0.4) is 0 Å². The predicted octanol–water partition coefficient (Wildman–Crippen LogP) is 1.08. The van der Waals surface area contributed by atoms with E-state index in [9.17, 15) is 9.59 Å². The van der Waals surface area contributed by atoms with Crippen LogP contribution in [-0.2, 0) is 16.1 Å². The van der Waals surface area contributed by atoms with Gasteiger partial charge >= 0.3 is 5.97 Å². The van der Waals surface area contributed by atoms with Crippen molar-refractivity contribution >= 4 is 23.2 Å². The molecule has 0 saturated carbocycles. The van der Waals surface area contributed by atoms with Gasteiger partial charge < -0.3 is 15.4 Å². The minimum Gasteiger partial charge on any atom is -0.461 e. The third-order valence-electron chi connectivity index (χ3n) is 3.08. The van der Waals surface area contributed by atoms with Gasteiger partial charge in [0.05, 0.1) is 19.2 Å². The molecular formula is C13H19N3O3S. The van der Waals surface area contributed by atoms with Gasteiger partial charge in [0, 0.05) is 5.38 Å². The summed E-state index contributed by atoms with van der Waals surface area (Å²) < 4.78 is 4.87. The lowest BCUT2D eigenvalue weighted by Crippen LogP contribution is -2.46. The summed E-state index contributed by atoms with van der Waals surface area (Å²) in [5.41, 5.74) is 0.303. The second kappa shape index (κ2) is 7.35. The number of piperidine rings is 1. The summed E-state index contributed by atoms with van der Waals surface area (Å²) >= 11 is 1.35. The third-order valence-corrected chi connectivity index (χ3v) is 3.93. The molecule has 20 heavy (non-hydrogen) atoms. The first-order valence-corrected chi connectivity index (χ1v) is 7.71. The van der Waals surface area contributed by atoms with Crippen molar-refractivity contribution in [3.05, 3.63) is 16.1 Å². The fourth-order valence-corrected chi connectivity index (χ4v) is 2.76. The highest BCUT2D eigenvalue weighted by molar-refractivity contribution is 7.09. The normalized spacial score (nSPS) is 18.6. The molecule has 1 aliphatic heterocycles. The van der Waals surface area contributed by atoms with Crippen molar-refractivity contribution in [3.63, 3.8) is 0 Å². The zero-order chi connectivity index (χ0) is 14.4. The summed E-state index contributed by atoms with van der Waals surface area (Å²) in [6.45, 7) is 3.32. The van der Waals surface area contributed by atoms with Crippen molar-refractivity contribution < 1.29 is 14.3 Å². The summed E-state index contributed by atoms with van der Waals surface area (Å²) in [6, 6.07) is -0.103. The van der Waals surface area contributed by atoms with Crippen LogP contribution in [0.1, 0.15) is 41.7 Å². The van der Waals surface area contributed by atoms with Gasteiger partial charge in [0.1, 0.15) is 5.01 Å². The van der Waals surface area contributed by atoms with Crippen molar-refractivity contribution in [2.45, 2.75) is 38.8 Å². The quantitative estimate of drug-likeness (QED) is 0.795. The summed E-state index contributed by atoms with van der Waals surface area (Å²) in [4.78, 5) is 27.5. The first kappa shape index (κ1) is 14.9. The number of amides is 1. The lowest BCUT2D eigenvalue weighted by Gasteiger charge is -2.22. The molecule has 110 valence electrons. The molecule has 1 fully saturated rings. The van der Waals surface area contributed by atoms with E-state index in [1.807, 2.05) is 0 Å². The van der Waals surface area contributed by atoms with Crippen LogP contribution in [0.2, 0.25) is 0 Å². The minimum atomic E-state index is -0.421. The lowest BCUT2D eigenvalue weighted by atomic mass is 10.0. The number of thiazole rings is 1. The number of hydrogen-bond donors (Lipinski definition) is 2. The van der Waals surface area contributed by atoms with Gasteiger partial charge in [-0.15, -0.1) is 11.3 Å². The van der Waals surface area contributed by atoms with Crippen LogP contribution in [-0.4, -0.2) is 36.1 Å². The number of carbonyl (C=O) groups is 2. The molecule has 0 radical (unpaired) electrons. The van der Waals surface area contributed by atoms with Crippen LogP contribution >= 0.6 is 11.3 Å². The highest BCUT2D eigenvalue weighted by atomic mass is 32.1. The molecule has 0 spiro atoms. The van der Waals surface area contributed by atoms with Crippen LogP contribution < -0.4 is 10.6 Å². The highest BCUT2D eigenvalue weighted by Crippen LogP contribution is 2.11. The van der Waals surface area contributed by atoms with E-state index in [-0.39, 0.29) is 11.9 Å². The fourth-order valence-electron chi connectivity index (χ4n) is 2.05. The first-order valence-electron chi connectivity index (χ1n) is 6.83. The van der Waals surface area contributed by atoms with Crippen molar-refractivity contribution in [2.75, 3.05) is 13.2 Å². The van der Waals surface area contributed by atoms with Gasteiger partial charge in [0.25, 0.3) is 0 Å². The zero-order valence-electron chi connectivity index (χ0n) is 11.5. The van der Waals surface area contributed by atoms with Crippen LogP contribution in [0.4, 0.5) is 0 Å². The molecule has 2 N–H and O–H groups in total. The van der Waals surface area contributed by atoms with Gasteiger partial charge in [-0.2, -0.15) is 0 Å². The Kier molecular flexibility index (Phi) is 5.49. The van der Waals surface area contributed by atoms with Crippen molar-refractivity contribution in [3.8, 4) is 0 Å². The van der Waals surface area contributed by atoms with Crippen molar-refractivity contribution in [1.29, 1.82) is 0 Å². The average molecular weight is 297 g/mol. The fraction of sp³-hybridized carbons (Fsp3) is 0.615. The molecule has 1 saturated heterocycles. The molecule has 1 aliphatic rings. The van der Waals surface area contributed by atoms with Gasteiger partial charge in [0.2, 0.25) is 5.91 Å². The average Bonchev–Trinajstić information content (AvgIpc) is 2.95. The zero-order valence-corrected chi connectivity index (χ0v) is 12.3. The minimum absolute atomic E-state index is 0.00224. The topological polar surface area (TPSA) is 80.3 Å². The Morgan fingerprint density at radius 2 is 2.40 bits per heavy atom. The van der Waals surface area contributed by atoms with Gasteiger partial charge in [-0.05, 0) is 26.3 Å². The molecule has 7 heteroatoms. The molecule has 0 bridgehead atoms. The Morgan fingerprint density at radius 1 is 1.55 bits per heavy atom. The van der Waals surface area contributed by atoms with Crippen molar-refractivity contribution in [2.24, 2.45) is 0 Å². The number of carbonyl (C=O) groups excluding carboxylic acids is 2. The molecule has 1 atom stereocenters. The van der Waals surface area contributed by atoms with E-state index in [0.717, 1.165) is 25.8 Å². The maximum absolute atomic E-state index is 11.9. The van der Waals surface area contributed by atoms with E-state index in [0.29, 0.717) is 23.9 Å². The Hall–Kier alpha value is -1.47. The maximum atomic E-state index is 11.9. The van der Waals surface area contributed by atoms with Gasteiger partial charge in [-0.3, -0.25) is 4.79 Å². The number of nitrogens with one attached hydrogen (secondary N) is 2. The Morgan fingerprint density at radius 3 is 3.10 bits per heavy atom. The molecule has 0 aromatic carbocycles. The first-order chi connectivity index (χ1) is 9.70. The molecule has 6 nitrogen and oxygen atoms in total. The summed E-state index contributed by atoms with van der Waals surface area (Å²) in [5, 5.41) is 8.40. The van der Waals surface area contributed by atoms with Gasteiger partial charge in [-0.1, -0.05) is 6.42 Å². The number of hydrogen-bond acceptors (Lipinski definition) is 6. The Labute approximate surface area is 121 Å². The molecular weight excluding hydrogens is 278 g/mol. The number of aromatic nitrogens is 1. The lowest BCUT2D eigenvalue weighted by molar-refractivity contribution is -0.123. The van der Waals surface area contributed by atoms with E-state index in [1.54, 1.807) is 12.3 Å². The number of rotatable bonds is 5. The standard InChI is InChI=1S/C13H19N3O3S/c1-2-19-13(18)10-8-20-11(16-10)7-15-12(17)9-5-3-4-6-14-9/h8-9,14H,2-7H2,1H3,(H,15,17)/t9-/m1/s1. The van der Waals surface area contributed by atoms with E-state index in [1.165, 1.54) is 11.3 Å². The van der Waals surface area contributed by atoms with E-state index in [2.05, 4.69) is 15.6 Å². The molecule has 0 unspecified atom stereocenters. The molecule has 0 aliphatic carbocycles. The summed E-state index contributed by atoms with van der Waals surface area (Å²) in [7, 11) is 0. The Balaban J connectivity index is 1.81. The molecule has 1 aromatic rings. The summed E-state index contributed by atoms with van der Waals surface area (Å²) in [5.74, 6) is -0.423. The van der Waals surface area contributed by atoms with Crippen LogP contribution in [0.15, 0.2) is 5.38 Å². The third kappa shape index (κ3) is 4.01. The highest BCUT2D eigenvalue weighted by Gasteiger charge is 2.20. The predicted molar refractivity (Wildman–Crippen MR) is 75.6 cm³/mol. The molecule has 1 amide bonds. The molecule has 1 aromatic heterocycles. The second-order valence-electron chi connectivity index (χ2n) is 4.57. The Bertz CT molecular complexity index is 469. The van der Waals surface area contributed by atoms with E-state index in [4.69, 9.17) is 4.74 Å². The van der Waals surface area contributed by atoms with Crippen molar-refractivity contribution in [1.82, 2.24) is 15.6 Å². The molecule has 2 rings (SSSR count). The van der Waals surface area contributed by atoms with Crippen LogP contribution in [0.25, 0.3) is 0 Å². The van der Waals surface area contributed by atoms with Gasteiger partial charge in [-0.25, -0.2) is 9.78 Å². The monoisotopic (exact) mass is 297 g/mol. The molecule has 2 heterocycles. The maximum Gasteiger partial charge on any atom is 0.357 e. The smallest absolute Gasteiger partial charge is 0.357 e.